The van der Waals surface area contributed by atoms with Crippen LogP contribution in [-0.2, 0) is 23.9 Å². The van der Waals surface area contributed by atoms with Crippen LogP contribution in [0.1, 0.15) is 123 Å². The van der Waals surface area contributed by atoms with Crippen LogP contribution in [0.25, 0.3) is 0 Å². The van der Waals surface area contributed by atoms with E-state index in [-0.39, 0.29) is 23.8 Å². The van der Waals surface area contributed by atoms with E-state index in [0.717, 1.165) is 83.5 Å². The number of ketones is 1. The Bertz CT molecular complexity index is 895. The average Bonchev–Trinajstić information content (AvgIpc) is 3.44. The molecule has 232 valence electrons. The molecule has 0 radical (unpaired) electrons. The molecule has 1 unspecified atom stereocenters. The highest BCUT2D eigenvalue weighted by Crippen LogP contribution is 2.32. The number of carbonyl (C=O) groups excluding carboxylic acids is 5. The fraction of sp³-hybridized carbons (Fsp3) is 0.839. The first-order chi connectivity index (χ1) is 19.7. The Kier molecular flexibility index (Phi) is 13.4. The number of alkyl carbamates (subject to hydrolysis) is 1. The molecule has 1 aliphatic heterocycles. The third kappa shape index (κ3) is 9.70. The van der Waals surface area contributed by atoms with Crippen molar-refractivity contribution in [3.05, 3.63) is 0 Å². The zero-order valence-electron chi connectivity index (χ0n) is 25.2. The lowest BCUT2D eigenvalue weighted by Crippen LogP contribution is -2.58. The number of rotatable bonds is 10. The van der Waals surface area contributed by atoms with Crippen LogP contribution in [-0.4, -0.2) is 65.3 Å². The van der Waals surface area contributed by atoms with Gasteiger partial charge in [-0.15, -0.1) is 0 Å². The Morgan fingerprint density at radius 1 is 0.805 bits per heavy atom. The lowest BCUT2D eigenvalue weighted by Gasteiger charge is -2.35. The van der Waals surface area contributed by atoms with E-state index >= 15 is 0 Å². The van der Waals surface area contributed by atoms with Gasteiger partial charge in [-0.05, 0) is 69.6 Å². The van der Waals surface area contributed by atoms with Gasteiger partial charge in [0, 0.05) is 6.54 Å². The second-order valence-electron chi connectivity index (χ2n) is 12.4. The van der Waals surface area contributed by atoms with Gasteiger partial charge in [-0.1, -0.05) is 65.2 Å². The van der Waals surface area contributed by atoms with Gasteiger partial charge in [-0.2, -0.15) is 0 Å². The Balaban J connectivity index is 0.00000147. The predicted molar refractivity (Wildman–Crippen MR) is 156 cm³/mol. The van der Waals surface area contributed by atoms with Crippen LogP contribution in [0, 0.1) is 11.8 Å². The zero-order valence-corrected chi connectivity index (χ0v) is 25.2. The molecular formula is C31H52N4O6. The number of primary amides is 1. The predicted octanol–water partition coefficient (Wildman–Crippen LogP) is 4.13. The first-order valence-corrected chi connectivity index (χ1v) is 16.2. The van der Waals surface area contributed by atoms with Crippen LogP contribution in [0.5, 0.6) is 0 Å². The summed E-state index contributed by atoms with van der Waals surface area (Å²) >= 11 is 0. The molecule has 4 N–H and O–H groups in total. The lowest BCUT2D eigenvalue weighted by molar-refractivity contribution is -0.143. The smallest absolute Gasteiger partial charge is 0.408 e. The first kappa shape index (κ1) is 32.9. The van der Waals surface area contributed by atoms with Crippen molar-refractivity contribution < 1.29 is 28.7 Å². The normalized spacial score (nSPS) is 23.3. The molecule has 1 heterocycles. The Hall–Kier alpha value is -2.65. The molecule has 10 heteroatoms. The molecule has 0 aromatic heterocycles. The number of likely N-dealkylation sites (tertiary alicyclic amines) is 1. The molecule has 0 aromatic rings. The van der Waals surface area contributed by atoms with E-state index in [1.165, 1.54) is 6.42 Å². The highest BCUT2D eigenvalue weighted by Gasteiger charge is 2.42. The SMILES string of the molecule is CCC.NC(=O)C(=O)C(CC1CCC1)NC(=O)[C@@H]1CCCN1C(=O)[C@@H](NC(=O)OC1CCCCC1)C1CCCCC1. The summed E-state index contributed by atoms with van der Waals surface area (Å²) in [5, 5.41) is 5.63. The summed E-state index contributed by atoms with van der Waals surface area (Å²) < 4.78 is 5.67. The van der Waals surface area contributed by atoms with Gasteiger partial charge in [0.2, 0.25) is 17.6 Å². The van der Waals surface area contributed by atoms with Crippen LogP contribution in [0.3, 0.4) is 0 Å². The Labute approximate surface area is 245 Å². The molecule has 0 aromatic carbocycles. The van der Waals surface area contributed by atoms with Gasteiger partial charge < -0.3 is 26.0 Å². The summed E-state index contributed by atoms with van der Waals surface area (Å²) in [5.41, 5.74) is 5.26. The van der Waals surface area contributed by atoms with Crippen molar-refractivity contribution in [3.8, 4) is 0 Å². The molecule has 3 saturated carbocycles. The average molecular weight is 577 g/mol. The Morgan fingerprint density at radius 2 is 1.41 bits per heavy atom. The van der Waals surface area contributed by atoms with E-state index in [9.17, 15) is 24.0 Å². The lowest BCUT2D eigenvalue weighted by atomic mass is 9.80. The summed E-state index contributed by atoms with van der Waals surface area (Å²) in [4.78, 5) is 65.7. The molecule has 0 spiro atoms. The highest BCUT2D eigenvalue weighted by atomic mass is 16.6. The van der Waals surface area contributed by atoms with Gasteiger partial charge in [-0.3, -0.25) is 19.2 Å². The summed E-state index contributed by atoms with van der Waals surface area (Å²) in [7, 11) is 0. The van der Waals surface area contributed by atoms with E-state index in [1.54, 1.807) is 4.90 Å². The minimum absolute atomic E-state index is 0.0118. The molecular weight excluding hydrogens is 524 g/mol. The van der Waals surface area contributed by atoms with Crippen LogP contribution in [0.4, 0.5) is 4.79 Å². The number of nitrogens with two attached hydrogens (primary N) is 1. The maximum Gasteiger partial charge on any atom is 0.408 e. The minimum Gasteiger partial charge on any atom is -0.446 e. The van der Waals surface area contributed by atoms with Gasteiger partial charge >= 0.3 is 6.09 Å². The maximum atomic E-state index is 13.9. The second-order valence-corrected chi connectivity index (χ2v) is 12.4. The van der Waals surface area contributed by atoms with E-state index in [2.05, 4.69) is 24.5 Å². The van der Waals surface area contributed by atoms with Gasteiger partial charge in [0.25, 0.3) is 5.91 Å². The fourth-order valence-corrected chi connectivity index (χ4v) is 6.56. The summed E-state index contributed by atoms with van der Waals surface area (Å²) in [6.45, 7) is 4.65. The molecule has 10 nitrogen and oxygen atoms in total. The van der Waals surface area contributed by atoms with Crippen molar-refractivity contribution in [1.82, 2.24) is 15.5 Å². The monoisotopic (exact) mass is 576 g/mol. The minimum atomic E-state index is -1.06. The second kappa shape index (κ2) is 16.7. The summed E-state index contributed by atoms with van der Waals surface area (Å²) in [5.74, 6) is -2.31. The number of nitrogens with zero attached hydrogens (tertiary/aromatic N) is 1. The number of nitrogens with one attached hydrogen (secondary N) is 2. The van der Waals surface area contributed by atoms with Crippen LogP contribution < -0.4 is 16.4 Å². The van der Waals surface area contributed by atoms with E-state index in [0.29, 0.717) is 25.8 Å². The molecule has 0 bridgehead atoms. The first-order valence-electron chi connectivity index (χ1n) is 16.2. The van der Waals surface area contributed by atoms with Crippen molar-refractivity contribution >= 4 is 29.6 Å². The third-order valence-electron chi connectivity index (χ3n) is 8.99. The van der Waals surface area contributed by atoms with Gasteiger partial charge in [0.1, 0.15) is 18.2 Å². The molecule has 4 aliphatic rings. The molecule has 1 saturated heterocycles. The topological polar surface area (TPSA) is 148 Å². The Morgan fingerprint density at radius 3 is 1.98 bits per heavy atom. The molecule has 3 aliphatic carbocycles. The van der Waals surface area contributed by atoms with Crippen molar-refractivity contribution in [2.24, 2.45) is 17.6 Å². The quantitative estimate of drug-likeness (QED) is 0.333. The fourth-order valence-electron chi connectivity index (χ4n) is 6.56. The standard InChI is InChI=1S/C28H44N4O6.C3H8/c29-25(34)24(33)21(17-18-9-7-10-18)30-26(35)22-15-8-16-32(22)27(36)23(19-11-3-1-4-12-19)31-28(37)38-20-13-5-2-6-14-20;1-3-2/h18-23H,1-17H2,(H2,29,34)(H,30,35)(H,31,37);3H2,1-2H3/t21?,22-,23-;/m0./s1. The van der Waals surface area contributed by atoms with Crippen molar-refractivity contribution in [2.45, 2.75) is 147 Å². The number of Topliss-reactive ketones (excluding diaryl/α,β-unsaturated/α-hetero) is 1. The van der Waals surface area contributed by atoms with E-state index in [1.807, 2.05) is 0 Å². The van der Waals surface area contributed by atoms with Crippen molar-refractivity contribution in [3.63, 3.8) is 0 Å². The molecule has 41 heavy (non-hydrogen) atoms. The summed E-state index contributed by atoms with van der Waals surface area (Å²) in [6, 6.07) is -2.48. The molecule has 4 amide bonds. The largest absolute Gasteiger partial charge is 0.446 e. The number of hydrogen-bond donors (Lipinski definition) is 3. The van der Waals surface area contributed by atoms with Crippen LogP contribution in [0.15, 0.2) is 0 Å². The van der Waals surface area contributed by atoms with Gasteiger partial charge in [0.15, 0.2) is 0 Å². The van der Waals surface area contributed by atoms with Crippen molar-refractivity contribution in [2.75, 3.05) is 6.54 Å². The van der Waals surface area contributed by atoms with E-state index in [4.69, 9.17) is 10.5 Å². The number of carbonyl (C=O) groups is 5. The molecule has 4 rings (SSSR count). The van der Waals surface area contributed by atoms with E-state index < -0.39 is 41.8 Å². The van der Waals surface area contributed by atoms with Crippen LogP contribution in [0.2, 0.25) is 0 Å². The maximum absolute atomic E-state index is 13.9. The summed E-state index contributed by atoms with van der Waals surface area (Å²) in [6.07, 6.45) is 14.7. The molecule has 3 atom stereocenters. The van der Waals surface area contributed by atoms with Gasteiger partial charge in [0.05, 0.1) is 6.04 Å². The number of amides is 4. The number of ether oxygens (including phenoxy) is 1. The molecule has 4 fully saturated rings. The highest BCUT2D eigenvalue weighted by molar-refractivity contribution is 6.37. The van der Waals surface area contributed by atoms with Gasteiger partial charge in [-0.25, -0.2) is 4.79 Å². The van der Waals surface area contributed by atoms with Crippen molar-refractivity contribution in [1.29, 1.82) is 0 Å². The number of hydrogen-bond acceptors (Lipinski definition) is 6. The van der Waals surface area contributed by atoms with Crippen LogP contribution >= 0.6 is 0 Å². The zero-order chi connectivity index (χ0) is 29.8. The third-order valence-corrected chi connectivity index (χ3v) is 8.99.